The monoisotopic (exact) mass is 478 g/mol. The number of rotatable bonds is 2. The van der Waals surface area contributed by atoms with Gasteiger partial charge in [-0.25, -0.2) is 0 Å². The predicted octanol–water partition coefficient (Wildman–Crippen LogP) is 7.15. The van der Waals surface area contributed by atoms with E-state index in [1.54, 1.807) is 0 Å². The molecule has 3 aromatic carbocycles. The van der Waals surface area contributed by atoms with Gasteiger partial charge in [0.15, 0.2) is 0 Å². The molecule has 0 saturated heterocycles. The number of anilines is 1. The fraction of sp³-hybridized carbons (Fsp3) is 0.212. The van der Waals surface area contributed by atoms with Crippen molar-refractivity contribution in [1.29, 1.82) is 10.5 Å². The molecule has 37 heavy (non-hydrogen) atoms. The van der Waals surface area contributed by atoms with Gasteiger partial charge in [-0.15, -0.1) is 0 Å². The second kappa shape index (κ2) is 8.26. The molecule has 0 saturated carbocycles. The smallest absolute Gasteiger partial charge is 0.0991 e. The van der Waals surface area contributed by atoms with Crippen molar-refractivity contribution in [3.05, 3.63) is 108 Å². The molecule has 4 nitrogen and oxygen atoms in total. The Labute approximate surface area is 216 Å². The summed E-state index contributed by atoms with van der Waals surface area (Å²) in [6.07, 6.45) is 11.9. The van der Waals surface area contributed by atoms with Crippen LogP contribution in [-0.4, -0.2) is 16.7 Å². The number of hydrogen-bond acceptors (Lipinski definition) is 3. The third-order valence-corrected chi connectivity index (χ3v) is 8.43. The Bertz CT molecular complexity index is 1740. The van der Waals surface area contributed by atoms with Crippen LogP contribution in [0.15, 0.2) is 97.1 Å². The Balaban J connectivity index is 1.47. The molecule has 5 atom stereocenters. The van der Waals surface area contributed by atoms with Crippen molar-refractivity contribution in [2.24, 2.45) is 11.8 Å². The van der Waals surface area contributed by atoms with Gasteiger partial charge >= 0.3 is 0 Å². The molecule has 3 aliphatic rings. The summed E-state index contributed by atoms with van der Waals surface area (Å²) >= 11 is 0. The van der Waals surface area contributed by atoms with Gasteiger partial charge in [0.1, 0.15) is 0 Å². The number of nitrogens with zero attached hydrogens (tertiary/aromatic N) is 4. The zero-order valence-electron chi connectivity index (χ0n) is 20.6. The maximum Gasteiger partial charge on any atom is 0.0991 e. The van der Waals surface area contributed by atoms with Crippen LogP contribution >= 0.6 is 0 Å². The Morgan fingerprint density at radius 2 is 1.68 bits per heavy atom. The van der Waals surface area contributed by atoms with E-state index in [1.807, 2.05) is 12.1 Å². The highest BCUT2D eigenvalue weighted by molar-refractivity contribution is 6.11. The molecule has 1 aromatic heterocycles. The van der Waals surface area contributed by atoms with E-state index in [0.29, 0.717) is 11.5 Å². The van der Waals surface area contributed by atoms with E-state index in [9.17, 15) is 10.5 Å². The van der Waals surface area contributed by atoms with E-state index >= 15 is 0 Å². The zero-order chi connectivity index (χ0) is 25.1. The van der Waals surface area contributed by atoms with Gasteiger partial charge in [-0.3, -0.25) is 0 Å². The van der Waals surface area contributed by atoms with Crippen LogP contribution in [0.5, 0.6) is 0 Å². The SMILES string of the molecule is CC1C=CC(C#N)CC1N1c2ccccc2C2C=CC=C(n3c4ccccc4c4cc(C#N)ccc43)C21. The van der Waals surface area contributed by atoms with E-state index in [2.05, 4.69) is 114 Å². The van der Waals surface area contributed by atoms with Crippen LogP contribution in [0.1, 0.15) is 30.4 Å². The van der Waals surface area contributed by atoms with Gasteiger partial charge in [0.25, 0.3) is 0 Å². The molecule has 1 aliphatic heterocycles. The van der Waals surface area contributed by atoms with Crippen LogP contribution in [0.2, 0.25) is 0 Å². The maximum absolute atomic E-state index is 9.78. The molecular formula is C33H26N4. The lowest BCUT2D eigenvalue weighted by molar-refractivity contribution is 0.405. The van der Waals surface area contributed by atoms with E-state index in [-0.39, 0.29) is 23.9 Å². The average molecular weight is 479 g/mol. The summed E-state index contributed by atoms with van der Waals surface area (Å²) in [5.74, 6) is 0.487. The molecule has 4 aromatic rings. The molecule has 0 radical (unpaired) electrons. The summed E-state index contributed by atoms with van der Waals surface area (Å²) in [5, 5.41) is 21.6. The minimum absolute atomic E-state index is 0.0726. The molecule has 0 fully saturated rings. The van der Waals surface area contributed by atoms with Crippen molar-refractivity contribution in [3.63, 3.8) is 0 Å². The van der Waals surface area contributed by atoms with Gasteiger partial charge in [0.05, 0.1) is 40.7 Å². The van der Waals surface area contributed by atoms with Gasteiger partial charge in [-0.2, -0.15) is 10.5 Å². The van der Waals surface area contributed by atoms with Gasteiger partial charge in [-0.1, -0.05) is 67.6 Å². The summed E-state index contributed by atoms with van der Waals surface area (Å²) in [6, 6.07) is 28.4. The van der Waals surface area contributed by atoms with Gasteiger partial charge in [-0.05, 0) is 54.3 Å². The van der Waals surface area contributed by atoms with Crippen molar-refractivity contribution in [3.8, 4) is 12.1 Å². The van der Waals surface area contributed by atoms with Gasteiger partial charge in [0, 0.05) is 34.1 Å². The van der Waals surface area contributed by atoms with Gasteiger partial charge < -0.3 is 9.47 Å². The average Bonchev–Trinajstić information content (AvgIpc) is 3.46. The lowest BCUT2D eigenvalue weighted by Gasteiger charge is -2.43. The fourth-order valence-corrected chi connectivity index (χ4v) is 6.77. The van der Waals surface area contributed by atoms with E-state index in [4.69, 9.17) is 0 Å². The number of allylic oxidation sites excluding steroid dienone is 3. The Kier molecular flexibility index (Phi) is 4.85. The van der Waals surface area contributed by atoms with Crippen LogP contribution in [0.25, 0.3) is 27.5 Å². The molecular weight excluding hydrogens is 452 g/mol. The molecule has 7 rings (SSSR count). The van der Waals surface area contributed by atoms with Crippen LogP contribution < -0.4 is 4.90 Å². The Morgan fingerprint density at radius 3 is 2.54 bits per heavy atom. The number of hydrogen-bond donors (Lipinski definition) is 0. The maximum atomic E-state index is 9.78. The van der Waals surface area contributed by atoms with Crippen LogP contribution in [0.4, 0.5) is 5.69 Å². The topological polar surface area (TPSA) is 55.8 Å². The highest BCUT2D eigenvalue weighted by Crippen LogP contribution is 2.51. The predicted molar refractivity (Wildman–Crippen MR) is 149 cm³/mol. The van der Waals surface area contributed by atoms with Crippen molar-refractivity contribution in [2.75, 3.05) is 4.90 Å². The Hall–Kier alpha value is -4.54. The molecule has 2 heterocycles. The van der Waals surface area contributed by atoms with Crippen LogP contribution in [-0.2, 0) is 0 Å². The molecule has 0 bridgehead atoms. The fourth-order valence-electron chi connectivity index (χ4n) is 6.77. The Morgan fingerprint density at radius 1 is 0.865 bits per heavy atom. The first kappa shape index (κ1) is 21.7. The third kappa shape index (κ3) is 3.13. The zero-order valence-corrected chi connectivity index (χ0v) is 20.6. The third-order valence-electron chi connectivity index (χ3n) is 8.43. The summed E-state index contributed by atoms with van der Waals surface area (Å²) in [5.41, 5.74) is 6.78. The molecule has 0 N–H and O–H groups in total. The minimum atomic E-state index is -0.0726. The second-order valence-corrected chi connectivity index (χ2v) is 10.4. The van der Waals surface area contributed by atoms with Crippen LogP contribution in [0, 0.1) is 34.5 Å². The molecule has 178 valence electrons. The van der Waals surface area contributed by atoms with E-state index in [0.717, 1.165) is 28.2 Å². The highest BCUT2D eigenvalue weighted by Gasteiger charge is 2.46. The first-order chi connectivity index (χ1) is 18.2. The molecule has 0 spiro atoms. The second-order valence-electron chi connectivity index (χ2n) is 10.4. The van der Waals surface area contributed by atoms with E-state index < -0.39 is 0 Å². The van der Waals surface area contributed by atoms with Crippen molar-refractivity contribution in [1.82, 2.24) is 4.57 Å². The first-order valence-electron chi connectivity index (χ1n) is 13.0. The molecule has 4 heteroatoms. The summed E-state index contributed by atoms with van der Waals surface area (Å²) in [6.45, 7) is 2.27. The number of nitriles is 2. The molecule has 0 amide bonds. The van der Waals surface area contributed by atoms with Crippen molar-refractivity contribution in [2.45, 2.75) is 31.3 Å². The standard InChI is InChI=1S/C33H26N4/c1-21-13-14-23(20-35)18-32(21)37-29-11-5-2-7-24(29)26-9-6-12-31(33(26)37)36-28-10-4-3-8-25(28)27-17-22(19-34)15-16-30(27)36/h2-17,21,23,26,32-33H,18H2,1H3. The van der Waals surface area contributed by atoms with E-state index in [1.165, 1.54) is 16.9 Å². The first-order valence-corrected chi connectivity index (χ1v) is 13.0. The quantitative estimate of drug-likeness (QED) is 0.287. The normalized spacial score (nSPS) is 26.0. The summed E-state index contributed by atoms with van der Waals surface area (Å²) < 4.78 is 2.40. The molecule has 5 unspecified atom stereocenters. The lowest BCUT2D eigenvalue weighted by atomic mass is 9.83. The number of fused-ring (bicyclic) bond motifs is 6. The number of aromatic nitrogens is 1. The van der Waals surface area contributed by atoms with Gasteiger partial charge in [0.2, 0.25) is 0 Å². The number of para-hydroxylation sites is 2. The lowest BCUT2D eigenvalue weighted by Crippen LogP contribution is -2.48. The highest BCUT2D eigenvalue weighted by atomic mass is 15.3. The minimum Gasteiger partial charge on any atom is -0.358 e. The van der Waals surface area contributed by atoms with Crippen LogP contribution in [0.3, 0.4) is 0 Å². The van der Waals surface area contributed by atoms with Crippen molar-refractivity contribution < 1.29 is 0 Å². The number of benzene rings is 3. The summed E-state index contributed by atoms with van der Waals surface area (Å²) in [7, 11) is 0. The largest absolute Gasteiger partial charge is 0.358 e. The van der Waals surface area contributed by atoms with Crippen molar-refractivity contribution >= 4 is 33.2 Å². The molecule has 2 aliphatic carbocycles. The summed E-state index contributed by atoms with van der Waals surface area (Å²) in [4.78, 5) is 2.61.